The zero-order valence-electron chi connectivity index (χ0n) is 20.7. The van der Waals surface area contributed by atoms with Gasteiger partial charge in [-0.05, 0) is 26.0 Å². The summed E-state index contributed by atoms with van der Waals surface area (Å²) in [6, 6.07) is 0. The van der Waals surface area contributed by atoms with E-state index in [9.17, 15) is 29.4 Å². The fourth-order valence-corrected chi connectivity index (χ4v) is 4.13. The third-order valence-electron chi connectivity index (χ3n) is 6.15. The fraction of sp³-hybridized carbons (Fsp3) is 0.440. The van der Waals surface area contributed by atoms with E-state index < -0.39 is 53.1 Å². The van der Waals surface area contributed by atoms with Crippen LogP contribution < -0.4 is 10.2 Å². The number of cyclic esters (lactones) is 1. The second-order valence-corrected chi connectivity index (χ2v) is 9.09. The molecule has 0 radical (unpaired) electrons. The van der Waals surface area contributed by atoms with Crippen LogP contribution in [-0.2, 0) is 52.3 Å². The van der Waals surface area contributed by atoms with Gasteiger partial charge in [0, 0.05) is 32.8 Å². The van der Waals surface area contributed by atoms with Gasteiger partial charge in [0.05, 0.1) is 29.6 Å². The van der Waals surface area contributed by atoms with Crippen LogP contribution in [0.5, 0.6) is 0 Å². The number of allylic oxidation sites excluding steroid dienone is 4. The van der Waals surface area contributed by atoms with E-state index in [-0.39, 0.29) is 49.0 Å². The van der Waals surface area contributed by atoms with Crippen LogP contribution in [0.1, 0.15) is 39.5 Å². The quantitative estimate of drug-likeness (QED) is 0.149. The number of carbonyl (C=O) groups is 4. The molecule has 13 heteroatoms. The Kier molecular flexibility index (Phi) is 6.98. The van der Waals surface area contributed by atoms with E-state index >= 15 is 0 Å². The highest BCUT2D eigenvalue weighted by Crippen LogP contribution is 2.45. The van der Waals surface area contributed by atoms with Crippen molar-refractivity contribution in [3.63, 3.8) is 0 Å². The lowest BCUT2D eigenvalue weighted by Gasteiger charge is -2.50. The van der Waals surface area contributed by atoms with Crippen LogP contribution in [0.3, 0.4) is 0 Å². The SMILES string of the molecule is COCC1(C)OC(=O)C(/C=C/C=C/C=C2C(=O)OC3(CCC4(CC3)OC(=O)C(C)=C([O-])O4)OC2=O)=C([O-])O1. The number of methoxy groups -OCH3 is 1. The molecule has 2 fully saturated rings. The Morgan fingerprint density at radius 1 is 0.763 bits per heavy atom. The Balaban J connectivity index is 1.36. The normalized spacial score (nSPS) is 31.8. The average Bonchev–Trinajstić information content (AvgIpc) is 2.82. The monoisotopic (exact) mass is 532 g/mol. The second kappa shape index (κ2) is 9.89. The van der Waals surface area contributed by atoms with Gasteiger partial charge < -0.3 is 43.4 Å². The van der Waals surface area contributed by atoms with E-state index in [0.717, 1.165) is 12.2 Å². The van der Waals surface area contributed by atoms with Gasteiger partial charge in [-0.25, -0.2) is 19.2 Å². The lowest BCUT2D eigenvalue weighted by atomic mass is 9.87. The molecule has 4 rings (SSSR count). The van der Waals surface area contributed by atoms with Crippen molar-refractivity contribution >= 4 is 23.9 Å². The van der Waals surface area contributed by atoms with Gasteiger partial charge in [-0.2, -0.15) is 0 Å². The maximum atomic E-state index is 12.6. The summed E-state index contributed by atoms with van der Waals surface area (Å²) in [5.41, 5.74) is -0.918. The van der Waals surface area contributed by atoms with Gasteiger partial charge in [0.25, 0.3) is 5.79 Å². The number of carbonyl (C=O) groups excluding carboxylic acids is 4. The van der Waals surface area contributed by atoms with Crippen LogP contribution >= 0.6 is 0 Å². The molecule has 0 aromatic rings. The molecule has 1 saturated carbocycles. The van der Waals surface area contributed by atoms with Crippen molar-refractivity contribution in [2.45, 2.75) is 56.9 Å². The summed E-state index contributed by atoms with van der Waals surface area (Å²) in [7, 11) is 1.36. The molecule has 4 aliphatic rings. The van der Waals surface area contributed by atoms with Gasteiger partial charge in [-0.1, -0.05) is 18.2 Å². The summed E-state index contributed by atoms with van der Waals surface area (Å²) in [5, 5.41) is 24.0. The van der Waals surface area contributed by atoms with Crippen molar-refractivity contribution in [2.24, 2.45) is 0 Å². The molecule has 0 N–H and O–H groups in total. The van der Waals surface area contributed by atoms with Crippen LogP contribution in [0.15, 0.2) is 59.0 Å². The molecule has 3 heterocycles. The first kappa shape index (κ1) is 26.8. The van der Waals surface area contributed by atoms with Crippen molar-refractivity contribution in [3.8, 4) is 0 Å². The molecule has 1 aliphatic carbocycles. The van der Waals surface area contributed by atoms with Gasteiger partial charge in [-0.15, -0.1) is 0 Å². The summed E-state index contributed by atoms with van der Waals surface area (Å²) in [6.45, 7) is 2.54. The number of hydrogen-bond acceptors (Lipinski definition) is 13. The molecular formula is C25H24O13-2. The zero-order valence-corrected chi connectivity index (χ0v) is 20.7. The highest BCUT2D eigenvalue weighted by molar-refractivity contribution is 6.15. The third-order valence-corrected chi connectivity index (χ3v) is 6.15. The summed E-state index contributed by atoms with van der Waals surface area (Å²) < 4.78 is 36.4. The molecular weight excluding hydrogens is 508 g/mol. The van der Waals surface area contributed by atoms with E-state index in [2.05, 4.69) is 0 Å². The Morgan fingerprint density at radius 2 is 1.34 bits per heavy atom. The minimum atomic E-state index is -1.58. The molecule has 0 aromatic heterocycles. The first-order valence-electron chi connectivity index (χ1n) is 11.5. The smallest absolute Gasteiger partial charge is 0.348 e. The molecule has 1 unspecified atom stereocenters. The molecule has 2 spiro atoms. The van der Waals surface area contributed by atoms with Crippen molar-refractivity contribution in [1.29, 1.82) is 0 Å². The van der Waals surface area contributed by atoms with E-state index in [1.807, 2.05) is 0 Å². The third kappa shape index (κ3) is 5.23. The topological polar surface area (TPSA) is 179 Å². The van der Waals surface area contributed by atoms with Crippen molar-refractivity contribution in [1.82, 2.24) is 0 Å². The fourth-order valence-electron chi connectivity index (χ4n) is 4.13. The van der Waals surface area contributed by atoms with E-state index in [1.54, 1.807) is 0 Å². The van der Waals surface area contributed by atoms with Crippen LogP contribution in [0, 0.1) is 0 Å². The summed E-state index contributed by atoms with van der Waals surface area (Å²) in [5.74, 6) is -9.84. The Morgan fingerprint density at radius 3 is 1.89 bits per heavy atom. The molecule has 1 saturated heterocycles. The Hall–Kier alpha value is -4.26. The maximum Gasteiger partial charge on any atom is 0.348 e. The predicted molar refractivity (Wildman–Crippen MR) is 117 cm³/mol. The van der Waals surface area contributed by atoms with Gasteiger partial charge in [0.2, 0.25) is 0 Å². The molecule has 204 valence electrons. The Labute approximate surface area is 216 Å². The lowest BCUT2D eigenvalue weighted by molar-refractivity contribution is -0.407. The minimum Gasteiger partial charge on any atom is -0.574 e. The maximum absolute atomic E-state index is 12.6. The van der Waals surface area contributed by atoms with Crippen LogP contribution in [-0.4, -0.2) is 55.0 Å². The lowest BCUT2D eigenvalue weighted by Crippen LogP contribution is -2.55. The Bertz CT molecular complexity index is 1190. The summed E-state index contributed by atoms with van der Waals surface area (Å²) in [6.07, 6.45) is 6.09. The number of rotatable bonds is 5. The van der Waals surface area contributed by atoms with Gasteiger partial charge in [-0.3, -0.25) is 0 Å². The highest BCUT2D eigenvalue weighted by Gasteiger charge is 2.53. The number of ether oxygens (including phenoxy) is 7. The first-order valence-corrected chi connectivity index (χ1v) is 11.5. The highest BCUT2D eigenvalue weighted by atomic mass is 16.8. The number of esters is 4. The van der Waals surface area contributed by atoms with Crippen LogP contribution in [0.25, 0.3) is 0 Å². The van der Waals surface area contributed by atoms with E-state index in [0.29, 0.717) is 0 Å². The average molecular weight is 532 g/mol. The van der Waals surface area contributed by atoms with Crippen molar-refractivity contribution in [2.75, 3.05) is 13.7 Å². The summed E-state index contributed by atoms with van der Waals surface area (Å²) >= 11 is 0. The van der Waals surface area contributed by atoms with Crippen molar-refractivity contribution < 1.29 is 62.5 Å². The predicted octanol–water partition coefficient (Wildman–Crippen LogP) is -0.235. The largest absolute Gasteiger partial charge is 0.574 e. The second-order valence-electron chi connectivity index (χ2n) is 9.09. The first-order chi connectivity index (χ1) is 17.9. The molecule has 38 heavy (non-hydrogen) atoms. The standard InChI is InChI=1S/C25H26O13/c1-14-17(26)35-24(36-18(14)27)9-11-25(12-10-24)37-21(30)16(22(31)38-25)8-6-4-5-7-15-19(28)33-23(2,13-32-3)34-20(15)29/h4-8,26,28H,9-13H2,1-3H3/p-2/b6-4+,7-5+,16-8?. The van der Waals surface area contributed by atoms with Gasteiger partial charge in [0.15, 0.2) is 11.6 Å². The number of hydrogen-bond donors (Lipinski definition) is 0. The molecule has 0 aromatic carbocycles. The molecule has 3 aliphatic heterocycles. The zero-order chi connectivity index (χ0) is 27.7. The molecule has 13 nitrogen and oxygen atoms in total. The van der Waals surface area contributed by atoms with Crippen LogP contribution in [0.2, 0.25) is 0 Å². The molecule has 0 amide bonds. The molecule has 0 bridgehead atoms. The minimum absolute atomic E-state index is 0.0314. The van der Waals surface area contributed by atoms with Crippen molar-refractivity contribution in [3.05, 3.63) is 59.0 Å². The molecule has 1 atom stereocenters. The van der Waals surface area contributed by atoms with E-state index in [1.165, 1.54) is 39.2 Å². The van der Waals surface area contributed by atoms with Gasteiger partial charge in [0.1, 0.15) is 5.57 Å². The summed E-state index contributed by atoms with van der Waals surface area (Å²) in [4.78, 5) is 49.1. The van der Waals surface area contributed by atoms with Gasteiger partial charge >= 0.3 is 23.9 Å². The van der Waals surface area contributed by atoms with Crippen LogP contribution in [0.4, 0.5) is 0 Å². The van der Waals surface area contributed by atoms with E-state index in [4.69, 9.17) is 33.2 Å².